The number of aryl methyl sites for hydroxylation is 1. The summed E-state index contributed by atoms with van der Waals surface area (Å²) < 4.78 is 32.8. The smallest absolute Gasteiger partial charge is 0.302 e. The van der Waals surface area contributed by atoms with E-state index < -0.39 is 15.1 Å². The molecule has 1 aliphatic carbocycles. The molecular weight excluding hydrogens is 444 g/mol. The second kappa shape index (κ2) is 11.8. The molecule has 1 atom stereocenters. The van der Waals surface area contributed by atoms with Gasteiger partial charge in [-0.1, -0.05) is 66.5 Å². The van der Waals surface area contributed by atoms with E-state index in [9.17, 15) is 13.2 Å². The van der Waals surface area contributed by atoms with Crippen molar-refractivity contribution in [3.8, 4) is 0 Å². The zero-order valence-electron chi connectivity index (χ0n) is 21.8. The number of hydrogen-bond acceptors (Lipinski definition) is 4. The van der Waals surface area contributed by atoms with Crippen molar-refractivity contribution in [2.45, 2.75) is 84.3 Å². The van der Waals surface area contributed by atoms with Gasteiger partial charge >= 0.3 is 5.97 Å². The average Bonchev–Trinajstić information content (AvgIpc) is 2.72. The maximum atomic E-state index is 13.9. The van der Waals surface area contributed by atoms with E-state index in [-0.39, 0.29) is 18.0 Å². The molecule has 186 valence electrons. The third-order valence-corrected chi connectivity index (χ3v) is 8.61. The first-order chi connectivity index (χ1) is 15.8. The topological polar surface area (TPSA) is 60.4 Å². The Labute approximate surface area is 206 Å². The van der Waals surface area contributed by atoms with Gasteiger partial charge in [-0.15, -0.1) is 0 Å². The van der Waals surface area contributed by atoms with Crippen LogP contribution in [0.1, 0.15) is 72.8 Å². The van der Waals surface area contributed by atoms with Crippen LogP contribution in [0.15, 0.2) is 75.8 Å². The first-order valence-corrected chi connectivity index (χ1v) is 13.5. The van der Waals surface area contributed by atoms with Gasteiger partial charge in [0.15, 0.2) is 9.84 Å². The van der Waals surface area contributed by atoms with Crippen LogP contribution in [0.5, 0.6) is 0 Å². The molecule has 0 saturated carbocycles. The number of allylic oxidation sites excluding steroid dienone is 6. The summed E-state index contributed by atoms with van der Waals surface area (Å²) in [5.74, 6) is -0.306. The summed E-state index contributed by atoms with van der Waals surface area (Å²) in [6, 6.07) is 7.21. The summed E-state index contributed by atoms with van der Waals surface area (Å²) in [5, 5.41) is -0.587. The molecule has 1 aromatic rings. The number of carbonyl (C=O) groups excluding carboxylic acids is 1. The standard InChI is InChI=1S/C29H40O4S/c1-21(17-19-33-25(5)30)10-8-11-23(3)20-27(28-24(4)12-9-18-29(28,6)7)34(31,32)26-15-13-22(2)14-16-26/h8,10-11,13-17,27H,9,12,18-20H2,1-7H3/b10-8+,21-17+,23-11+. The molecule has 0 amide bonds. The highest BCUT2D eigenvalue weighted by molar-refractivity contribution is 7.92. The minimum Gasteiger partial charge on any atom is -0.462 e. The van der Waals surface area contributed by atoms with E-state index in [0.29, 0.717) is 11.3 Å². The maximum absolute atomic E-state index is 13.9. The van der Waals surface area contributed by atoms with Gasteiger partial charge in [-0.2, -0.15) is 0 Å². The summed E-state index contributed by atoms with van der Waals surface area (Å²) in [6.45, 7) is 14.0. The average molecular weight is 485 g/mol. The van der Waals surface area contributed by atoms with Gasteiger partial charge in [-0.05, 0) is 82.6 Å². The molecule has 0 saturated heterocycles. The summed E-state index contributed by atoms with van der Waals surface area (Å²) in [4.78, 5) is 11.3. The largest absolute Gasteiger partial charge is 0.462 e. The lowest BCUT2D eigenvalue weighted by Crippen LogP contribution is -2.34. The molecule has 0 spiro atoms. The molecule has 0 fully saturated rings. The first kappa shape index (κ1) is 27.8. The highest BCUT2D eigenvalue weighted by Crippen LogP contribution is 2.46. The van der Waals surface area contributed by atoms with Gasteiger partial charge in [-0.3, -0.25) is 4.79 Å². The zero-order valence-corrected chi connectivity index (χ0v) is 22.6. The number of ether oxygens (including phenoxy) is 1. The molecule has 0 aliphatic heterocycles. The minimum absolute atomic E-state index is 0.156. The van der Waals surface area contributed by atoms with E-state index in [2.05, 4.69) is 20.8 Å². The van der Waals surface area contributed by atoms with Crippen LogP contribution in [0.2, 0.25) is 0 Å². The molecule has 4 nitrogen and oxygen atoms in total. The molecule has 0 N–H and O–H groups in total. The molecule has 5 heteroatoms. The van der Waals surface area contributed by atoms with E-state index in [4.69, 9.17) is 4.74 Å². The molecule has 1 aliphatic rings. The molecule has 0 radical (unpaired) electrons. The Bertz CT molecular complexity index is 1100. The van der Waals surface area contributed by atoms with Crippen LogP contribution < -0.4 is 0 Å². The van der Waals surface area contributed by atoms with Crippen LogP contribution in [-0.2, 0) is 19.4 Å². The van der Waals surface area contributed by atoms with Crippen LogP contribution in [0.25, 0.3) is 0 Å². The minimum atomic E-state index is -3.56. The fourth-order valence-corrected chi connectivity index (χ4v) is 6.85. The lowest BCUT2D eigenvalue weighted by atomic mass is 9.71. The molecule has 0 aromatic heterocycles. The van der Waals surface area contributed by atoms with Crippen molar-refractivity contribution in [2.75, 3.05) is 6.61 Å². The second-order valence-electron chi connectivity index (χ2n) is 10.1. The molecule has 1 aromatic carbocycles. The van der Waals surface area contributed by atoms with Crippen molar-refractivity contribution in [3.63, 3.8) is 0 Å². The van der Waals surface area contributed by atoms with Gasteiger partial charge < -0.3 is 4.74 Å². The quantitative estimate of drug-likeness (QED) is 0.214. The maximum Gasteiger partial charge on any atom is 0.302 e. The highest BCUT2D eigenvalue weighted by atomic mass is 32.2. The van der Waals surface area contributed by atoms with E-state index in [1.54, 1.807) is 12.1 Å². The molecule has 34 heavy (non-hydrogen) atoms. The Morgan fingerprint density at radius 3 is 2.35 bits per heavy atom. The summed E-state index contributed by atoms with van der Waals surface area (Å²) in [7, 11) is -3.56. The van der Waals surface area contributed by atoms with Gasteiger partial charge in [0, 0.05) is 6.92 Å². The monoisotopic (exact) mass is 484 g/mol. The van der Waals surface area contributed by atoms with Gasteiger partial charge in [0.1, 0.15) is 6.61 Å². The Kier molecular flexibility index (Phi) is 9.69. The van der Waals surface area contributed by atoms with Crippen LogP contribution in [0.4, 0.5) is 0 Å². The van der Waals surface area contributed by atoms with Gasteiger partial charge in [0.2, 0.25) is 0 Å². The Morgan fingerprint density at radius 1 is 1.12 bits per heavy atom. The Hall–Kier alpha value is -2.40. The number of esters is 1. The lowest BCUT2D eigenvalue weighted by Gasteiger charge is -2.39. The van der Waals surface area contributed by atoms with Crippen LogP contribution in [0.3, 0.4) is 0 Å². The van der Waals surface area contributed by atoms with Crippen molar-refractivity contribution in [1.82, 2.24) is 0 Å². The van der Waals surface area contributed by atoms with Crippen LogP contribution in [0, 0.1) is 12.3 Å². The van der Waals surface area contributed by atoms with Crippen molar-refractivity contribution in [3.05, 3.63) is 76.4 Å². The van der Waals surface area contributed by atoms with Gasteiger partial charge in [-0.25, -0.2) is 8.42 Å². The number of sulfone groups is 1. The summed E-state index contributed by atoms with van der Waals surface area (Å²) in [5.41, 5.74) is 5.16. The Balaban J connectivity index is 2.39. The van der Waals surface area contributed by atoms with Crippen molar-refractivity contribution >= 4 is 15.8 Å². The second-order valence-corrected chi connectivity index (χ2v) is 12.2. The molecule has 2 rings (SSSR count). The van der Waals surface area contributed by atoms with Crippen LogP contribution >= 0.6 is 0 Å². The van der Waals surface area contributed by atoms with E-state index in [1.165, 1.54) is 12.5 Å². The third-order valence-electron chi connectivity index (χ3n) is 6.53. The van der Waals surface area contributed by atoms with Crippen molar-refractivity contribution < 1.29 is 17.9 Å². The summed E-state index contributed by atoms with van der Waals surface area (Å²) in [6.07, 6.45) is 11.2. The van der Waals surface area contributed by atoms with Crippen LogP contribution in [-0.4, -0.2) is 26.2 Å². The normalized spacial score (nSPS) is 18.3. The predicted octanol–water partition coefficient (Wildman–Crippen LogP) is 7.07. The summed E-state index contributed by atoms with van der Waals surface area (Å²) >= 11 is 0. The molecule has 0 bridgehead atoms. The van der Waals surface area contributed by atoms with E-state index in [0.717, 1.165) is 41.5 Å². The van der Waals surface area contributed by atoms with E-state index in [1.807, 2.05) is 57.2 Å². The fraction of sp³-hybridized carbons (Fsp3) is 0.483. The van der Waals surface area contributed by atoms with Crippen molar-refractivity contribution in [2.24, 2.45) is 5.41 Å². The number of hydrogen-bond donors (Lipinski definition) is 0. The third kappa shape index (κ3) is 7.56. The van der Waals surface area contributed by atoms with Gasteiger partial charge in [0.25, 0.3) is 0 Å². The SMILES string of the molecule is CC(=O)OC/C=C(C)/C=C/C=C(\C)CC(C1=C(C)CCCC1(C)C)S(=O)(=O)c1ccc(C)cc1. The highest BCUT2D eigenvalue weighted by Gasteiger charge is 2.40. The number of benzene rings is 1. The molecule has 1 unspecified atom stereocenters. The lowest BCUT2D eigenvalue weighted by molar-refractivity contribution is -0.139. The predicted molar refractivity (Wildman–Crippen MR) is 140 cm³/mol. The number of rotatable bonds is 9. The first-order valence-electron chi connectivity index (χ1n) is 12.0. The Morgan fingerprint density at radius 2 is 1.76 bits per heavy atom. The molecular formula is C29H40O4S. The number of carbonyl (C=O) groups is 1. The molecule has 0 heterocycles. The van der Waals surface area contributed by atoms with Crippen molar-refractivity contribution in [1.29, 1.82) is 0 Å². The van der Waals surface area contributed by atoms with E-state index >= 15 is 0 Å². The zero-order chi connectivity index (χ0) is 25.5. The fourth-order valence-electron chi connectivity index (χ4n) is 4.70. The van der Waals surface area contributed by atoms with Gasteiger partial charge in [0.05, 0.1) is 10.1 Å².